The van der Waals surface area contributed by atoms with E-state index in [1.807, 2.05) is 0 Å². The Kier molecular flexibility index (Phi) is 3.46. The van der Waals surface area contributed by atoms with Gasteiger partial charge in [-0.1, -0.05) is 0 Å². The van der Waals surface area contributed by atoms with Gasteiger partial charge in [-0.2, -0.15) is 18.3 Å². The number of aliphatic hydroxyl groups excluding tert-OH is 1. The molecule has 0 radical (unpaired) electrons. The van der Waals surface area contributed by atoms with Crippen molar-refractivity contribution in [2.24, 2.45) is 0 Å². The van der Waals surface area contributed by atoms with Crippen LogP contribution < -0.4 is 0 Å². The van der Waals surface area contributed by atoms with Gasteiger partial charge in [-0.15, -0.1) is 0 Å². The number of aromatic nitrogens is 3. The summed E-state index contributed by atoms with van der Waals surface area (Å²) in [5, 5.41) is 13.2. The molecule has 1 unspecified atom stereocenters. The fourth-order valence-corrected chi connectivity index (χ4v) is 1.68. The van der Waals surface area contributed by atoms with Crippen molar-refractivity contribution in [3.63, 3.8) is 0 Å². The predicted molar refractivity (Wildman–Crippen MR) is 59.3 cm³/mol. The van der Waals surface area contributed by atoms with Crippen molar-refractivity contribution in [3.05, 3.63) is 29.2 Å². The van der Waals surface area contributed by atoms with Gasteiger partial charge in [0.1, 0.15) is 5.69 Å². The minimum atomic E-state index is -4.52. The molecule has 104 valence electrons. The molecule has 0 bridgehead atoms. The van der Waals surface area contributed by atoms with E-state index in [0.717, 1.165) is 10.6 Å². The molecule has 0 spiro atoms. The third kappa shape index (κ3) is 2.54. The molecule has 0 aromatic carbocycles. The molecule has 0 aliphatic heterocycles. The maximum absolute atomic E-state index is 12.6. The third-order valence-corrected chi connectivity index (χ3v) is 2.59. The highest BCUT2D eigenvalue weighted by atomic mass is 19.4. The van der Waals surface area contributed by atoms with E-state index in [9.17, 15) is 18.3 Å². The standard InChI is InChI=1S/C11H12F3N3O2/c1-3-19-10(18)9-6(2)17-8(15-9)5-4-7(16-17)11(12,13)14/h4-5,10,18H,3H2,1-2H3. The summed E-state index contributed by atoms with van der Waals surface area (Å²) in [4.78, 5) is 4.01. The first-order valence-electron chi connectivity index (χ1n) is 5.57. The van der Waals surface area contributed by atoms with Crippen LogP contribution in [0.1, 0.15) is 30.3 Å². The molecule has 0 fully saturated rings. The van der Waals surface area contributed by atoms with Gasteiger partial charge in [0.25, 0.3) is 0 Å². The van der Waals surface area contributed by atoms with E-state index in [0.29, 0.717) is 5.69 Å². The highest BCUT2D eigenvalue weighted by molar-refractivity contribution is 5.42. The van der Waals surface area contributed by atoms with E-state index in [2.05, 4.69) is 10.1 Å². The molecule has 0 aliphatic rings. The summed E-state index contributed by atoms with van der Waals surface area (Å²) in [6.45, 7) is 3.47. The lowest BCUT2D eigenvalue weighted by Crippen LogP contribution is -2.11. The van der Waals surface area contributed by atoms with E-state index in [4.69, 9.17) is 4.74 Å². The van der Waals surface area contributed by atoms with Crippen LogP contribution in [0.2, 0.25) is 0 Å². The van der Waals surface area contributed by atoms with Crippen LogP contribution >= 0.6 is 0 Å². The van der Waals surface area contributed by atoms with Crippen molar-refractivity contribution in [1.82, 2.24) is 14.6 Å². The summed E-state index contributed by atoms with van der Waals surface area (Å²) in [5.74, 6) is 0. The average Bonchev–Trinajstić information content (AvgIpc) is 2.66. The number of nitrogens with zero attached hydrogens (tertiary/aromatic N) is 3. The van der Waals surface area contributed by atoms with Crippen LogP contribution in [0.3, 0.4) is 0 Å². The van der Waals surface area contributed by atoms with E-state index in [-0.39, 0.29) is 17.9 Å². The molecule has 1 N–H and O–H groups in total. The summed E-state index contributed by atoms with van der Waals surface area (Å²) < 4.78 is 43.7. The number of alkyl halides is 3. The maximum atomic E-state index is 12.6. The molecular weight excluding hydrogens is 263 g/mol. The Balaban J connectivity index is 2.52. The van der Waals surface area contributed by atoms with E-state index in [1.54, 1.807) is 6.92 Å². The lowest BCUT2D eigenvalue weighted by atomic mass is 10.3. The molecule has 2 heterocycles. The lowest BCUT2D eigenvalue weighted by molar-refractivity contribution is -0.141. The van der Waals surface area contributed by atoms with Gasteiger partial charge in [0.15, 0.2) is 17.6 Å². The molecule has 0 aliphatic carbocycles. The van der Waals surface area contributed by atoms with Gasteiger partial charge >= 0.3 is 6.18 Å². The molecule has 2 aromatic rings. The van der Waals surface area contributed by atoms with Gasteiger partial charge in [-0.25, -0.2) is 9.50 Å². The molecular formula is C11H12F3N3O2. The Bertz CT molecular complexity index is 595. The molecule has 8 heteroatoms. The van der Waals surface area contributed by atoms with Crippen molar-refractivity contribution in [1.29, 1.82) is 0 Å². The van der Waals surface area contributed by atoms with Crippen LogP contribution in [-0.2, 0) is 10.9 Å². The summed E-state index contributed by atoms with van der Waals surface area (Å²) >= 11 is 0. The molecule has 5 nitrogen and oxygen atoms in total. The Labute approximate surface area is 106 Å². The van der Waals surface area contributed by atoms with Gasteiger partial charge < -0.3 is 9.84 Å². The summed E-state index contributed by atoms with van der Waals surface area (Å²) in [6, 6.07) is 2.05. The topological polar surface area (TPSA) is 59.7 Å². The Morgan fingerprint density at radius 1 is 1.42 bits per heavy atom. The number of ether oxygens (including phenoxy) is 1. The molecule has 2 rings (SSSR count). The van der Waals surface area contributed by atoms with Crippen LogP contribution in [0.25, 0.3) is 5.65 Å². The number of fused-ring (bicyclic) bond motifs is 1. The second-order valence-electron chi connectivity index (χ2n) is 3.88. The molecule has 0 saturated carbocycles. The first-order valence-corrected chi connectivity index (χ1v) is 5.57. The molecule has 0 saturated heterocycles. The van der Waals surface area contributed by atoms with E-state index < -0.39 is 18.2 Å². The quantitative estimate of drug-likeness (QED) is 0.871. The number of aliphatic hydroxyl groups is 1. The zero-order chi connectivity index (χ0) is 14.2. The Hall–Kier alpha value is -1.67. The number of halogens is 3. The van der Waals surface area contributed by atoms with Crippen LogP contribution in [0.4, 0.5) is 13.2 Å². The molecule has 1 atom stereocenters. The third-order valence-electron chi connectivity index (χ3n) is 2.59. The average molecular weight is 275 g/mol. The SMILES string of the molecule is CCOC(O)c1nc2ccc(C(F)(F)F)nn2c1C. The van der Waals surface area contributed by atoms with Gasteiger partial charge in [-0.3, -0.25) is 0 Å². The summed E-state index contributed by atoms with van der Waals surface area (Å²) in [7, 11) is 0. The number of hydrogen-bond donors (Lipinski definition) is 1. The number of imidazole rings is 1. The maximum Gasteiger partial charge on any atom is 0.435 e. The van der Waals surface area contributed by atoms with Gasteiger partial charge in [0.05, 0.1) is 5.69 Å². The van der Waals surface area contributed by atoms with Gasteiger partial charge in [0, 0.05) is 6.61 Å². The summed E-state index contributed by atoms with van der Waals surface area (Å²) in [5.41, 5.74) is -0.326. The number of aryl methyl sites for hydroxylation is 1. The van der Waals surface area contributed by atoms with Crippen molar-refractivity contribution in [3.8, 4) is 0 Å². The minimum absolute atomic E-state index is 0.161. The van der Waals surface area contributed by atoms with Crippen molar-refractivity contribution >= 4 is 5.65 Å². The van der Waals surface area contributed by atoms with Gasteiger partial charge in [0.2, 0.25) is 0 Å². The van der Waals surface area contributed by atoms with Crippen molar-refractivity contribution in [2.75, 3.05) is 6.61 Å². The highest BCUT2D eigenvalue weighted by Gasteiger charge is 2.33. The lowest BCUT2D eigenvalue weighted by Gasteiger charge is -2.08. The van der Waals surface area contributed by atoms with E-state index in [1.165, 1.54) is 13.0 Å². The second kappa shape index (κ2) is 4.78. The zero-order valence-corrected chi connectivity index (χ0v) is 10.3. The molecule has 2 aromatic heterocycles. The second-order valence-corrected chi connectivity index (χ2v) is 3.88. The smallest absolute Gasteiger partial charge is 0.363 e. The van der Waals surface area contributed by atoms with Crippen molar-refractivity contribution < 1.29 is 23.0 Å². The van der Waals surface area contributed by atoms with Crippen LogP contribution in [-0.4, -0.2) is 26.3 Å². The Morgan fingerprint density at radius 3 is 2.68 bits per heavy atom. The largest absolute Gasteiger partial charge is 0.435 e. The van der Waals surface area contributed by atoms with Gasteiger partial charge in [-0.05, 0) is 26.0 Å². The highest BCUT2D eigenvalue weighted by Crippen LogP contribution is 2.28. The first-order chi connectivity index (χ1) is 8.84. The molecule has 19 heavy (non-hydrogen) atoms. The van der Waals surface area contributed by atoms with Crippen molar-refractivity contribution in [2.45, 2.75) is 26.3 Å². The van der Waals surface area contributed by atoms with E-state index >= 15 is 0 Å². The number of hydrogen-bond acceptors (Lipinski definition) is 4. The number of rotatable bonds is 3. The first kappa shape index (κ1) is 13.8. The monoisotopic (exact) mass is 275 g/mol. The van der Waals surface area contributed by atoms with Crippen LogP contribution in [0, 0.1) is 6.92 Å². The Morgan fingerprint density at radius 2 is 2.11 bits per heavy atom. The fraction of sp³-hybridized carbons (Fsp3) is 0.455. The minimum Gasteiger partial charge on any atom is -0.363 e. The fourth-order valence-electron chi connectivity index (χ4n) is 1.68. The predicted octanol–water partition coefficient (Wildman–Crippen LogP) is 2.08. The van der Waals surface area contributed by atoms with Crippen LogP contribution in [0.5, 0.6) is 0 Å². The normalized spacial score (nSPS) is 14.0. The molecule has 0 amide bonds. The zero-order valence-electron chi connectivity index (χ0n) is 10.3. The van der Waals surface area contributed by atoms with Crippen LogP contribution in [0.15, 0.2) is 12.1 Å². The summed E-state index contributed by atoms with van der Waals surface area (Å²) in [6.07, 6.45) is -5.80.